The number of fused-ring (bicyclic) bond motifs is 3. The molecular formula is C20H20N2O2S. The zero-order valence-electron chi connectivity index (χ0n) is 13.9. The third-order valence-electron chi connectivity index (χ3n) is 5.84. The lowest BCUT2D eigenvalue weighted by molar-refractivity contribution is 0.422. The van der Waals surface area contributed by atoms with Crippen LogP contribution in [0.3, 0.4) is 0 Å². The predicted molar refractivity (Wildman–Crippen MR) is 95.3 cm³/mol. The lowest BCUT2D eigenvalue weighted by Crippen LogP contribution is -2.19. The summed E-state index contributed by atoms with van der Waals surface area (Å²) < 4.78 is 23.8. The van der Waals surface area contributed by atoms with Gasteiger partial charge >= 0.3 is 0 Å². The first kappa shape index (κ1) is 16.3. The molecule has 2 aromatic carbocycles. The van der Waals surface area contributed by atoms with Crippen LogP contribution in [0.25, 0.3) is 0 Å². The molecule has 0 aliphatic heterocycles. The van der Waals surface area contributed by atoms with E-state index in [-0.39, 0.29) is 16.4 Å². The fourth-order valence-electron chi connectivity index (χ4n) is 4.84. The second-order valence-corrected chi connectivity index (χ2v) is 8.71. The highest BCUT2D eigenvalue weighted by Crippen LogP contribution is 2.50. The average Bonchev–Trinajstić information content (AvgIpc) is 2.87. The molecule has 0 heterocycles. The summed E-state index contributed by atoms with van der Waals surface area (Å²) in [5, 5.41) is 15.0. The summed E-state index contributed by atoms with van der Waals surface area (Å²) in [5.74, 6) is 1.09. The highest BCUT2D eigenvalue weighted by molar-refractivity contribution is 7.89. The Balaban J connectivity index is 1.83. The van der Waals surface area contributed by atoms with Gasteiger partial charge < -0.3 is 0 Å². The molecule has 0 spiro atoms. The fourth-order valence-corrected chi connectivity index (χ4v) is 5.56. The monoisotopic (exact) mass is 352 g/mol. The molecule has 128 valence electrons. The Labute approximate surface area is 148 Å². The van der Waals surface area contributed by atoms with Gasteiger partial charge in [-0.05, 0) is 66.2 Å². The van der Waals surface area contributed by atoms with E-state index in [0.29, 0.717) is 11.8 Å². The van der Waals surface area contributed by atoms with E-state index in [2.05, 4.69) is 30.3 Å². The van der Waals surface area contributed by atoms with Crippen molar-refractivity contribution in [3.8, 4) is 6.07 Å². The molecule has 2 aliphatic rings. The van der Waals surface area contributed by atoms with Crippen molar-refractivity contribution in [3.05, 3.63) is 64.7 Å². The van der Waals surface area contributed by atoms with Crippen molar-refractivity contribution < 1.29 is 8.42 Å². The minimum Gasteiger partial charge on any atom is -0.225 e. The van der Waals surface area contributed by atoms with Gasteiger partial charge in [0.1, 0.15) is 6.07 Å². The minimum absolute atomic E-state index is 0.0475. The summed E-state index contributed by atoms with van der Waals surface area (Å²) >= 11 is 0. The summed E-state index contributed by atoms with van der Waals surface area (Å²) in [6.45, 7) is 0. The van der Waals surface area contributed by atoms with Crippen LogP contribution in [0.1, 0.15) is 41.0 Å². The topological polar surface area (TPSA) is 83.9 Å². The predicted octanol–water partition coefficient (Wildman–Crippen LogP) is 3.11. The van der Waals surface area contributed by atoms with Crippen LogP contribution in [0.2, 0.25) is 0 Å². The van der Waals surface area contributed by atoms with Crippen LogP contribution in [0.5, 0.6) is 0 Å². The highest BCUT2D eigenvalue weighted by Gasteiger charge is 2.41. The molecule has 1 fully saturated rings. The Bertz CT molecular complexity index is 942. The molecule has 0 radical (unpaired) electrons. The molecule has 5 heteroatoms. The first-order valence-electron chi connectivity index (χ1n) is 8.61. The van der Waals surface area contributed by atoms with Gasteiger partial charge in [0.25, 0.3) is 0 Å². The number of nitrogens with zero attached hydrogens (tertiary/aromatic N) is 1. The van der Waals surface area contributed by atoms with Crippen LogP contribution in [-0.4, -0.2) is 8.42 Å². The van der Waals surface area contributed by atoms with E-state index in [1.807, 2.05) is 6.07 Å². The van der Waals surface area contributed by atoms with Gasteiger partial charge in [0.2, 0.25) is 10.0 Å². The van der Waals surface area contributed by atoms with E-state index in [4.69, 9.17) is 5.14 Å². The molecule has 0 amide bonds. The Morgan fingerprint density at radius 1 is 0.960 bits per heavy atom. The molecule has 25 heavy (non-hydrogen) atoms. The third-order valence-corrected chi connectivity index (χ3v) is 6.80. The number of sulfonamides is 1. The van der Waals surface area contributed by atoms with E-state index in [1.165, 1.54) is 17.2 Å². The van der Waals surface area contributed by atoms with E-state index in [0.717, 1.165) is 31.2 Å². The van der Waals surface area contributed by atoms with Crippen LogP contribution in [0, 0.1) is 23.2 Å². The summed E-state index contributed by atoms with van der Waals surface area (Å²) in [7, 11) is -3.91. The standard InChI is InChI=1S/C20H20N2O2S/c21-12-18-17(6-3-7-19(18)25(22,23)24)20-15-8-9-16(20)11-14-5-2-1-4-13(14)10-15/h1-7,15-16,20H,8-11H2,(H2,22,23,24). The number of benzene rings is 2. The minimum atomic E-state index is -3.91. The van der Waals surface area contributed by atoms with Gasteiger partial charge in [-0.3, -0.25) is 0 Å². The molecule has 2 bridgehead atoms. The highest BCUT2D eigenvalue weighted by atomic mass is 32.2. The first-order chi connectivity index (χ1) is 12.0. The number of nitriles is 1. The van der Waals surface area contributed by atoms with E-state index in [1.54, 1.807) is 6.07 Å². The van der Waals surface area contributed by atoms with Crippen molar-refractivity contribution in [2.45, 2.75) is 36.5 Å². The summed E-state index contributed by atoms with van der Waals surface area (Å²) in [6, 6.07) is 15.7. The van der Waals surface area contributed by atoms with Crippen LogP contribution >= 0.6 is 0 Å². The molecule has 2 atom stereocenters. The van der Waals surface area contributed by atoms with Crippen molar-refractivity contribution in [2.75, 3.05) is 0 Å². The van der Waals surface area contributed by atoms with Crippen LogP contribution in [-0.2, 0) is 22.9 Å². The number of rotatable bonds is 2. The fraction of sp³-hybridized carbons (Fsp3) is 0.350. The number of hydrogen-bond donors (Lipinski definition) is 1. The van der Waals surface area contributed by atoms with Crippen molar-refractivity contribution in [1.29, 1.82) is 5.26 Å². The lowest BCUT2D eigenvalue weighted by Gasteiger charge is -2.24. The Kier molecular flexibility index (Phi) is 3.90. The molecule has 4 nitrogen and oxygen atoms in total. The van der Waals surface area contributed by atoms with E-state index < -0.39 is 10.0 Å². The van der Waals surface area contributed by atoms with Crippen LogP contribution in [0.4, 0.5) is 0 Å². The molecule has 2 unspecified atom stereocenters. The maximum atomic E-state index is 11.9. The molecule has 2 N–H and O–H groups in total. The van der Waals surface area contributed by atoms with Gasteiger partial charge in [0.05, 0.1) is 10.5 Å². The average molecular weight is 352 g/mol. The van der Waals surface area contributed by atoms with Crippen molar-refractivity contribution in [1.82, 2.24) is 0 Å². The third kappa shape index (κ3) is 2.76. The van der Waals surface area contributed by atoms with Crippen molar-refractivity contribution in [2.24, 2.45) is 17.0 Å². The van der Waals surface area contributed by atoms with Gasteiger partial charge in [-0.15, -0.1) is 0 Å². The zero-order valence-corrected chi connectivity index (χ0v) is 14.7. The van der Waals surface area contributed by atoms with Crippen molar-refractivity contribution >= 4 is 10.0 Å². The molecule has 4 rings (SSSR count). The number of hydrogen-bond acceptors (Lipinski definition) is 3. The van der Waals surface area contributed by atoms with Gasteiger partial charge in [-0.2, -0.15) is 5.26 Å². The normalized spacial score (nSPS) is 25.0. The maximum absolute atomic E-state index is 11.9. The second kappa shape index (κ2) is 5.98. The van der Waals surface area contributed by atoms with Gasteiger partial charge in [0, 0.05) is 0 Å². The molecule has 1 saturated carbocycles. The van der Waals surface area contributed by atoms with Gasteiger partial charge in [-0.25, -0.2) is 13.6 Å². The molecule has 0 saturated heterocycles. The second-order valence-electron chi connectivity index (χ2n) is 7.18. The SMILES string of the molecule is N#Cc1c(C2C3CCC2Cc2ccccc2C3)cccc1S(N)(=O)=O. The summed E-state index contributed by atoms with van der Waals surface area (Å²) in [4.78, 5) is -0.0475. The smallest absolute Gasteiger partial charge is 0.225 e. The zero-order chi connectivity index (χ0) is 17.6. The van der Waals surface area contributed by atoms with E-state index in [9.17, 15) is 13.7 Å². The molecule has 2 aromatic rings. The first-order valence-corrected chi connectivity index (χ1v) is 10.2. The lowest BCUT2D eigenvalue weighted by atomic mass is 9.80. The van der Waals surface area contributed by atoms with Gasteiger partial charge in [-0.1, -0.05) is 36.4 Å². The maximum Gasteiger partial charge on any atom is 0.239 e. The quantitative estimate of drug-likeness (QED) is 0.901. The van der Waals surface area contributed by atoms with Crippen LogP contribution < -0.4 is 5.14 Å². The Hall–Kier alpha value is -2.16. The number of nitrogens with two attached hydrogens (primary N) is 1. The number of primary sulfonamides is 1. The summed E-state index contributed by atoms with van der Waals surface area (Å²) in [5.41, 5.74) is 3.87. The van der Waals surface area contributed by atoms with Crippen LogP contribution in [0.15, 0.2) is 47.4 Å². The van der Waals surface area contributed by atoms with Crippen molar-refractivity contribution in [3.63, 3.8) is 0 Å². The molecular weight excluding hydrogens is 332 g/mol. The Morgan fingerprint density at radius 3 is 2.08 bits per heavy atom. The van der Waals surface area contributed by atoms with E-state index >= 15 is 0 Å². The molecule has 2 aliphatic carbocycles. The Morgan fingerprint density at radius 2 is 1.56 bits per heavy atom. The van der Waals surface area contributed by atoms with Gasteiger partial charge in [0.15, 0.2) is 0 Å². The largest absolute Gasteiger partial charge is 0.239 e. The molecule has 0 aromatic heterocycles. The summed E-state index contributed by atoms with van der Waals surface area (Å²) in [6.07, 6.45) is 4.21.